The Balaban J connectivity index is 1.74. The second-order valence-corrected chi connectivity index (χ2v) is 7.63. The van der Waals surface area contributed by atoms with Crippen molar-refractivity contribution in [3.05, 3.63) is 29.8 Å². The van der Waals surface area contributed by atoms with Crippen LogP contribution in [0.1, 0.15) is 39.7 Å². The summed E-state index contributed by atoms with van der Waals surface area (Å²) in [6.45, 7) is 10.3. The molecule has 1 saturated heterocycles. The van der Waals surface area contributed by atoms with E-state index in [4.69, 9.17) is 4.74 Å². The van der Waals surface area contributed by atoms with Crippen LogP contribution in [0.15, 0.2) is 29.3 Å². The molecule has 1 aromatic rings. The van der Waals surface area contributed by atoms with Crippen LogP contribution in [-0.4, -0.2) is 55.6 Å². The molecule has 0 aromatic heterocycles. The molecule has 0 aliphatic carbocycles. The van der Waals surface area contributed by atoms with Crippen molar-refractivity contribution in [2.75, 3.05) is 26.7 Å². The minimum absolute atomic E-state index is 0.0542. The molecule has 150 valence electrons. The number of aliphatic imine (C=N–C) groups is 1. The van der Waals surface area contributed by atoms with Crippen LogP contribution in [0.5, 0.6) is 5.75 Å². The molecule has 1 heterocycles. The van der Waals surface area contributed by atoms with Gasteiger partial charge in [-0.05, 0) is 44.4 Å². The molecule has 1 aliphatic rings. The lowest BCUT2D eigenvalue weighted by molar-refractivity contribution is -0.133. The van der Waals surface area contributed by atoms with E-state index in [0.717, 1.165) is 44.2 Å². The quantitative estimate of drug-likeness (QED) is 0.568. The molecule has 27 heavy (non-hydrogen) atoms. The molecule has 2 N–H and O–H groups in total. The average molecular weight is 375 g/mol. The van der Waals surface area contributed by atoms with Gasteiger partial charge in [0, 0.05) is 38.6 Å². The van der Waals surface area contributed by atoms with E-state index in [1.54, 1.807) is 7.05 Å². The van der Waals surface area contributed by atoms with Crippen LogP contribution in [0, 0.1) is 5.92 Å². The number of likely N-dealkylation sites (tertiary alicyclic amines) is 1. The Hall–Kier alpha value is -2.24. The fourth-order valence-electron chi connectivity index (χ4n) is 3.16. The maximum absolute atomic E-state index is 12.1. The number of benzene rings is 1. The molecule has 1 atom stereocenters. The molecular weight excluding hydrogens is 340 g/mol. The molecule has 1 aliphatic heterocycles. The smallest absolute Gasteiger partial charge is 0.225 e. The van der Waals surface area contributed by atoms with E-state index in [1.807, 2.05) is 44.7 Å². The molecule has 0 spiro atoms. The molecule has 1 aromatic carbocycles. The summed E-state index contributed by atoms with van der Waals surface area (Å²) >= 11 is 0. The highest BCUT2D eigenvalue weighted by atomic mass is 16.5. The number of carbonyl (C=O) groups is 1. The first-order valence-electron chi connectivity index (χ1n) is 9.90. The van der Waals surface area contributed by atoms with Crippen LogP contribution >= 0.6 is 0 Å². The number of guanidine groups is 1. The first-order chi connectivity index (χ1) is 12.9. The Morgan fingerprint density at radius 3 is 2.56 bits per heavy atom. The molecule has 6 heteroatoms. The highest BCUT2D eigenvalue weighted by Gasteiger charge is 2.27. The lowest BCUT2D eigenvalue weighted by atomic mass is 10.1. The standard InChI is InChI=1S/C21H34N4O2/c1-15(2)20(26)25-13-11-18(14-25)24-21(22-5)23-12-10-17-6-8-19(9-7-17)27-16(3)4/h6-9,15-16,18H,10-14H2,1-5H3,(H2,22,23,24). The number of nitrogens with zero attached hydrogens (tertiary/aromatic N) is 2. The summed E-state index contributed by atoms with van der Waals surface area (Å²) < 4.78 is 5.67. The third-order valence-corrected chi connectivity index (χ3v) is 4.56. The summed E-state index contributed by atoms with van der Waals surface area (Å²) in [4.78, 5) is 18.3. The zero-order valence-corrected chi connectivity index (χ0v) is 17.3. The summed E-state index contributed by atoms with van der Waals surface area (Å²) in [5, 5.41) is 6.79. The van der Waals surface area contributed by atoms with E-state index >= 15 is 0 Å². The third kappa shape index (κ3) is 6.77. The van der Waals surface area contributed by atoms with Gasteiger partial charge in [-0.15, -0.1) is 0 Å². The van der Waals surface area contributed by atoms with Crippen molar-refractivity contribution >= 4 is 11.9 Å². The van der Waals surface area contributed by atoms with Crippen molar-refractivity contribution in [2.45, 2.75) is 52.7 Å². The predicted octanol–water partition coefficient (Wildman–Crippen LogP) is 2.44. The van der Waals surface area contributed by atoms with Gasteiger partial charge in [0.1, 0.15) is 5.75 Å². The molecule has 0 saturated carbocycles. The summed E-state index contributed by atoms with van der Waals surface area (Å²) in [6.07, 6.45) is 2.05. The van der Waals surface area contributed by atoms with Crippen molar-refractivity contribution in [2.24, 2.45) is 10.9 Å². The highest BCUT2D eigenvalue weighted by molar-refractivity contribution is 5.81. The Kier molecular flexibility index (Phi) is 7.95. The van der Waals surface area contributed by atoms with Crippen LogP contribution in [0.3, 0.4) is 0 Å². The van der Waals surface area contributed by atoms with Gasteiger partial charge in [-0.1, -0.05) is 26.0 Å². The molecule has 1 unspecified atom stereocenters. The fourth-order valence-corrected chi connectivity index (χ4v) is 3.16. The zero-order chi connectivity index (χ0) is 19.8. The van der Waals surface area contributed by atoms with E-state index in [-0.39, 0.29) is 24.0 Å². The second kappa shape index (κ2) is 10.2. The van der Waals surface area contributed by atoms with Crippen molar-refractivity contribution in [3.8, 4) is 5.75 Å². The van der Waals surface area contributed by atoms with Gasteiger partial charge in [0.2, 0.25) is 5.91 Å². The maximum atomic E-state index is 12.1. The van der Waals surface area contributed by atoms with E-state index in [9.17, 15) is 4.79 Å². The first kappa shape index (κ1) is 21.1. The van der Waals surface area contributed by atoms with Crippen molar-refractivity contribution in [1.82, 2.24) is 15.5 Å². The van der Waals surface area contributed by atoms with Crippen LogP contribution in [0.2, 0.25) is 0 Å². The summed E-state index contributed by atoms with van der Waals surface area (Å²) in [5.74, 6) is 1.98. The molecule has 1 amide bonds. The summed E-state index contributed by atoms with van der Waals surface area (Å²) in [5.41, 5.74) is 1.25. The van der Waals surface area contributed by atoms with Crippen molar-refractivity contribution in [3.63, 3.8) is 0 Å². The Morgan fingerprint density at radius 1 is 1.26 bits per heavy atom. The van der Waals surface area contributed by atoms with Gasteiger partial charge in [-0.3, -0.25) is 9.79 Å². The highest BCUT2D eigenvalue weighted by Crippen LogP contribution is 2.14. The van der Waals surface area contributed by atoms with Gasteiger partial charge in [-0.2, -0.15) is 0 Å². The van der Waals surface area contributed by atoms with Gasteiger partial charge in [0.25, 0.3) is 0 Å². The molecular formula is C21H34N4O2. The number of hydrogen-bond acceptors (Lipinski definition) is 3. The monoisotopic (exact) mass is 374 g/mol. The zero-order valence-electron chi connectivity index (χ0n) is 17.3. The lowest BCUT2D eigenvalue weighted by Gasteiger charge is -2.20. The van der Waals surface area contributed by atoms with Gasteiger partial charge in [0.05, 0.1) is 6.10 Å². The van der Waals surface area contributed by atoms with Crippen LogP contribution in [-0.2, 0) is 11.2 Å². The van der Waals surface area contributed by atoms with E-state index in [1.165, 1.54) is 5.56 Å². The molecule has 2 rings (SSSR count). The average Bonchev–Trinajstić information content (AvgIpc) is 3.09. The third-order valence-electron chi connectivity index (χ3n) is 4.56. The topological polar surface area (TPSA) is 66.0 Å². The number of carbonyl (C=O) groups excluding carboxylic acids is 1. The molecule has 0 radical (unpaired) electrons. The molecule has 6 nitrogen and oxygen atoms in total. The van der Waals surface area contributed by atoms with Crippen molar-refractivity contribution < 1.29 is 9.53 Å². The second-order valence-electron chi connectivity index (χ2n) is 7.63. The SMILES string of the molecule is CN=C(NCCc1ccc(OC(C)C)cc1)NC1CCN(C(=O)C(C)C)C1. The molecule has 0 bridgehead atoms. The summed E-state index contributed by atoms with van der Waals surface area (Å²) in [7, 11) is 1.78. The number of nitrogens with one attached hydrogen (secondary N) is 2. The minimum atomic E-state index is 0.0542. The van der Waals surface area contributed by atoms with Gasteiger partial charge in [0.15, 0.2) is 5.96 Å². The predicted molar refractivity (Wildman–Crippen MR) is 110 cm³/mol. The Morgan fingerprint density at radius 2 is 1.96 bits per heavy atom. The van der Waals surface area contributed by atoms with Gasteiger partial charge >= 0.3 is 0 Å². The number of amides is 1. The van der Waals surface area contributed by atoms with Gasteiger partial charge in [-0.25, -0.2) is 0 Å². The number of hydrogen-bond donors (Lipinski definition) is 2. The Labute approximate surface area is 163 Å². The fraction of sp³-hybridized carbons (Fsp3) is 0.619. The van der Waals surface area contributed by atoms with E-state index < -0.39 is 0 Å². The van der Waals surface area contributed by atoms with Crippen LogP contribution < -0.4 is 15.4 Å². The van der Waals surface area contributed by atoms with Crippen molar-refractivity contribution in [1.29, 1.82) is 0 Å². The molecule has 1 fully saturated rings. The van der Waals surface area contributed by atoms with E-state index in [0.29, 0.717) is 0 Å². The maximum Gasteiger partial charge on any atom is 0.225 e. The van der Waals surface area contributed by atoms with Crippen LogP contribution in [0.25, 0.3) is 0 Å². The summed E-state index contributed by atoms with van der Waals surface area (Å²) in [6, 6.07) is 8.48. The van der Waals surface area contributed by atoms with Crippen LogP contribution in [0.4, 0.5) is 0 Å². The first-order valence-corrected chi connectivity index (χ1v) is 9.90. The number of rotatable bonds is 7. The normalized spacial score (nSPS) is 17.5. The van der Waals surface area contributed by atoms with Gasteiger partial charge < -0.3 is 20.3 Å². The lowest BCUT2D eigenvalue weighted by Crippen LogP contribution is -2.45. The largest absolute Gasteiger partial charge is 0.491 e. The van der Waals surface area contributed by atoms with E-state index in [2.05, 4.69) is 27.8 Å². The minimum Gasteiger partial charge on any atom is -0.491 e. The number of ether oxygens (including phenoxy) is 1. The Bertz CT molecular complexity index is 626.